The van der Waals surface area contributed by atoms with Gasteiger partial charge < -0.3 is 15.2 Å². The lowest BCUT2D eigenvalue weighted by Crippen LogP contribution is -2.40. The lowest BCUT2D eigenvalue weighted by Gasteiger charge is -2.15. The zero-order valence-electron chi connectivity index (χ0n) is 11.7. The molecule has 0 heterocycles. The molecule has 1 unspecified atom stereocenters. The second-order valence-electron chi connectivity index (χ2n) is 4.30. The van der Waals surface area contributed by atoms with E-state index in [-0.39, 0.29) is 18.2 Å². The number of carbonyl (C=O) groups is 2. The van der Waals surface area contributed by atoms with Gasteiger partial charge in [0.2, 0.25) is 12.0 Å². The maximum atomic E-state index is 12.8. The predicted molar refractivity (Wildman–Crippen MR) is 79.1 cm³/mol. The van der Waals surface area contributed by atoms with Crippen molar-refractivity contribution in [2.75, 3.05) is 18.6 Å². The third-order valence-corrected chi connectivity index (χ3v) is 3.30. The monoisotopic (exact) mass is 315 g/mol. The molecule has 2 N–H and O–H groups in total. The Labute approximate surface area is 126 Å². The molecule has 0 fully saturated rings. The van der Waals surface area contributed by atoms with Crippen LogP contribution in [0, 0.1) is 5.82 Å². The zero-order valence-corrected chi connectivity index (χ0v) is 12.5. The van der Waals surface area contributed by atoms with Gasteiger partial charge in [0.05, 0.1) is 6.54 Å². The van der Waals surface area contributed by atoms with Crippen LogP contribution in [-0.4, -0.2) is 41.6 Å². The summed E-state index contributed by atoms with van der Waals surface area (Å²) >= 11 is 1.65. The number of hydrogen-bond acceptors (Lipinski definition) is 4. The van der Waals surface area contributed by atoms with Gasteiger partial charge in [0.15, 0.2) is 0 Å². The van der Waals surface area contributed by atoms with Crippen LogP contribution in [-0.2, 0) is 9.59 Å². The zero-order chi connectivity index (χ0) is 15.7. The quantitative estimate of drug-likeness (QED) is 0.681. The summed E-state index contributed by atoms with van der Waals surface area (Å²) in [5.74, 6) is -0.722. The summed E-state index contributed by atoms with van der Waals surface area (Å²) in [5.41, 5.74) is 0. The van der Waals surface area contributed by atoms with Crippen molar-refractivity contribution in [3.8, 4) is 5.75 Å². The molecule has 1 amide bonds. The Bertz CT molecular complexity index is 467. The number of amides is 1. The van der Waals surface area contributed by atoms with Gasteiger partial charge in [-0.15, -0.1) is 0 Å². The molecule has 116 valence electrons. The molecule has 1 rings (SSSR count). The molecule has 5 nitrogen and oxygen atoms in total. The Morgan fingerprint density at radius 1 is 1.38 bits per heavy atom. The number of rotatable bonds is 9. The topological polar surface area (TPSA) is 75.6 Å². The molecular formula is C14H18FNO4S. The summed E-state index contributed by atoms with van der Waals surface area (Å²) in [5, 5.41) is 11.6. The second-order valence-corrected chi connectivity index (χ2v) is 5.28. The van der Waals surface area contributed by atoms with E-state index < -0.39 is 17.9 Å². The highest BCUT2D eigenvalue weighted by atomic mass is 32.2. The number of halogens is 1. The molecule has 0 bridgehead atoms. The lowest BCUT2D eigenvalue weighted by molar-refractivity contribution is -0.145. The number of carboxylic acid groups (broad SMARTS) is 1. The van der Waals surface area contributed by atoms with Crippen molar-refractivity contribution in [1.29, 1.82) is 0 Å². The van der Waals surface area contributed by atoms with Crippen molar-refractivity contribution in [1.82, 2.24) is 5.32 Å². The van der Waals surface area contributed by atoms with E-state index in [0.29, 0.717) is 6.42 Å². The summed E-state index contributed by atoms with van der Waals surface area (Å²) in [7, 11) is 0. The third-order valence-electron chi connectivity index (χ3n) is 2.60. The molecule has 0 spiro atoms. The van der Waals surface area contributed by atoms with Gasteiger partial charge in [-0.2, -0.15) is 11.8 Å². The molecule has 0 aliphatic heterocycles. The predicted octanol–water partition coefficient (Wildman–Crippen LogP) is 1.92. The fourth-order valence-electron chi connectivity index (χ4n) is 1.53. The molecule has 7 heteroatoms. The van der Waals surface area contributed by atoms with Crippen LogP contribution in [0.25, 0.3) is 0 Å². The number of nitrogens with one attached hydrogen (secondary N) is 1. The fraction of sp³-hybridized carbons (Fsp3) is 0.429. The molecule has 1 atom stereocenters. The molecule has 0 aliphatic rings. The summed E-state index contributed by atoms with van der Waals surface area (Å²) in [4.78, 5) is 22.6. The smallest absolute Gasteiger partial charge is 0.346 e. The van der Waals surface area contributed by atoms with E-state index in [0.717, 1.165) is 12.2 Å². The van der Waals surface area contributed by atoms with E-state index in [1.54, 1.807) is 11.8 Å². The minimum Gasteiger partial charge on any atom is -0.478 e. The number of hydrogen-bond donors (Lipinski definition) is 2. The van der Waals surface area contributed by atoms with Crippen LogP contribution in [0.3, 0.4) is 0 Å². The van der Waals surface area contributed by atoms with Gasteiger partial charge in [-0.3, -0.25) is 4.79 Å². The molecule has 21 heavy (non-hydrogen) atoms. The Morgan fingerprint density at radius 3 is 2.62 bits per heavy atom. The Kier molecular flexibility index (Phi) is 7.60. The first-order valence-corrected chi connectivity index (χ1v) is 7.83. The van der Waals surface area contributed by atoms with Crippen molar-refractivity contribution in [2.45, 2.75) is 18.9 Å². The van der Waals surface area contributed by atoms with Gasteiger partial charge in [0, 0.05) is 6.42 Å². The number of aliphatic carboxylic acids is 1. The number of carbonyl (C=O) groups excluding carboxylic acids is 1. The normalized spacial score (nSPS) is 11.7. The van der Waals surface area contributed by atoms with E-state index in [4.69, 9.17) is 9.84 Å². The maximum absolute atomic E-state index is 12.8. The van der Waals surface area contributed by atoms with Crippen LogP contribution in [0.1, 0.15) is 12.8 Å². The SMILES string of the molecule is CSCCCC(=O)NCC(Oc1ccc(F)cc1)C(=O)O. The third kappa shape index (κ3) is 6.99. The van der Waals surface area contributed by atoms with Gasteiger partial charge in [0.25, 0.3) is 0 Å². The van der Waals surface area contributed by atoms with Crippen LogP contribution in [0.2, 0.25) is 0 Å². The van der Waals surface area contributed by atoms with Crippen LogP contribution in [0.15, 0.2) is 24.3 Å². The highest BCUT2D eigenvalue weighted by Gasteiger charge is 2.20. The molecule has 1 aromatic carbocycles. The number of carboxylic acids is 1. The Balaban J connectivity index is 2.45. The summed E-state index contributed by atoms with van der Waals surface area (Å²) < 4.78 is 18.0. The first-order valence-electron chi connectivity index (χ1n) is 6.43. The highest BCUT2D eigenvalue weighted by molar-refractivity contribution is 7.98. The number of thioether (sulfide) groups is 1. The average Bonchev–Trinajstić information content (AvgIpc) is 2.45. The first kappa shape index (κ1) is 17.3. The van der Waals surface area contributed by atoms with Crippen molar-refractivity contribution in [3.63, 3.8) is 0 Å². The van der Waals surface area contributed by atoms with E-state index in [9.17, 15) is 14.0 Å². The van der Waals surface area contributed by atoms with Gasteiger partial charge in [-0.1, -0.05) is 0 Å². The number of ether oxygens (including phenoxy) is 1. The van der Waals surface area contributed by atoms with Crippen LogP contribution in [0.5, 0.6) is 5.75 Å². The maximum Gasteiger partial charge on any atom is 0.346 e. The van der Waals surface area contributed by atoms with Crippen molar-refractivity contribution >= 4 is 23.6 Å². The average molecular weight is 315 g/mol. The first-order chi connectivity index (χ1) is 10.0. The molecule has 0 saturated heterocycles. The standard InChI is InChI=1S/C14H18FNO4S/c1-21-8-2-3-13(17)16-9-12(14(18)19)20-11-6-4-10(15)5-7-11/h4-7,12H,2-3,8-9H2,1H3,(H,16,17)(H,18,19). The molecule has 1 aromatic rings. The van der Waals surface area contributed by atoms with Crippen molar-refractivity contribution < 1.29 is 23.8 Å². The molecule has 0 aromatic heterocycles. The fourth-order valence-corrected chi connectivity index (χ4v) is 1.96. The summed E-state index contributed by atoms with van der Waals surface area (Å²) in [6.45, 7) is -0.134. The summed E-state index contributed by atoms with van der Waals surface area (Å²) in [6.07, 6.45) is 1.84. The molecule has 0 saturated carbocycles. The molecule has 0 aliphatic carbocycles. The lowest BCUT2D eigenvalue weighted by atomic mass is 10.3. The minimum absolute atomic E-state index is 0.134. The van der Waals surface area contributed by atoms with E-state index in [1.165, 1.54) is 24.3 Å². The van der Waals surface area contributed by atoms with E-state index >= 15 is 0 Å². The van der Waals surface area contributed by atoms with Gasteiger partial charge >= 0.3 is 5.97 Å². The number of benzene rings is 1. The van der Waals surface area contributed by atoms with Gasteiger partial charge in [-0.25, -0.2) is 9.18 Å². The highest BCUT2D eigenvalue weighted by Crippen LogP contribution is 2.13. The van der Waals surface area contributed by atoms with Gasteiger partial charge in [0.1, 0.15) is 11.6 Å². The van der Waals surface area contributed by atoms with Crippen LogP contribution < -0.4 is 10.1 Å². The second kappa shape index (κ2) is 9.23. The van der Waals surface area contributed by atoms with Gasteiger partial charge in [-0.05, 0) is 42.7 Å². The largest absolute Gasteiger partial charge is 0.478 e. The summed E-state index contributed by atoms with van der Waals surface area (Å²) in [6, 6.07) is 5.03. The Hall–Kier alpha value is -1.76. The van der Waals surface area contributed by atoms with Crippen molar-refractivity contribution in [2.24, 2.45) is 0 Å². The van der Waals surface area contributed by atoms with Crippen LogP contribution >= 0.6 is 11.8 Å². The molecule has 0 radical (unpaired) electrons. The van der Waals surface area contributed by atoms with E-state index in [2.05, 4.69) is 5.32 Å². The molecular weight excluding hydrogens is 297 g/mol. The Morgan fingerprint density at radius 2 is 2.05 bits per heavy atom. The van der Waals surface area contributed by atoms with Crippen molar-refractivity contribution in [3.05, 3.63) is 30.1 Å². The van der Waals surface area contributed by atoms with Crippen LogP contribution in [0.4, 0.5) is 4.39 Å². The minimum atomic E-state index is -1.21. The van der Waals surface area contributed by atoms with E-state index in [1.807, 2.05) is 6.26 Å².